The number of benzene rings is 1. The van der Waals surface area contributed by atoms with E-state index in [4.69, 9.17) is 5.53 Å². The first kappa shape index (κ1) is 14.0. The highest BCUT2D eigenvalue weighted by molar-refractivity contribution is 5.88. The summed E-state index contributed by atoms with van der Waals surface area (Å²) in [5, 5.41) is 7.41. The Bertz CT molecular complexity index is 627. The van der Waals surface area contributed by atoms with Crippen LogP contribution in [0.5, 0.6) is 0 Å². The smallest absolute Gasteiger partial charge is 0.224 e. The van der Waals surface area contributed by atoms with Gasteiger partial charge in [0.25, 0.3) is 0 Å². The van der Waals surface area contributed by atoms with Crippen LogP contribution in [0.4, 0.5) is 0 Å². The number of hydrogen-bond acceptors (Lipinski definition) is 2. The molecule has 20 heavy (non-hydrogen) atoms. The maximum Gasteiger partial charge on any atom is 0.224 e. The molecule has 0 fully saturated rings. The Hall–Kier alpha value is -2.46. The van der Waals surface area contributed by atoms with E-state index in [2.05, 4.69) is 20.3 Å². The van der Waals surface area contributed by atoms with E-state index in [0.717, 1.165) is 29.3 Å². The number of nitrogens with zero attached hydrogens (tertiary/aromatic N) is 3. The topological polar surface area (TPSA) is 93.7 Å². The monoisotopic (exact) mass is 271 g/mol. The van der Waals surface area contributed by atoms with Gasteiger partial charge < -0.3 is 10.3 Å². The van der Waals surface area contributed by atoms with Crippen LogP contribution < -0.4 is 5.32 Å². The zero-order valence-corrected chi connectivity index (χ0v) is 11.2. The van der Waals surface area contributed by atoms with E-state index in [1.54, 1.807) is 0 Å². The highest BCUT2D eigenvalue weighted by Gasteiger charge is 2.07. The summed E-state index contributed by atoms with van der Waals surface area (Å²) in [6.07, 6.45) is 3.86. The van der Waals surface area contributed by atoms with Crippen molar-refractivity contribution in [2.45, 2.75) is 19.3 Å². The van der Waals surface area contributed by atoms with Crippen LogP contribution in [0.25, 0.3) is 21.3 Å². The first-order valence-corrected chi connectivity index (χ1v) is 6.64. The zero-order chi connectivity index (χ0) is 14.2. The number of carbonyl (C=O) groups is 1. The molecular formula is C14H17N5O. The average Bonchev–Trinajstić information content (AvgIpc) is 2.86. The number of hydrogen-bond donors (Lipinski definition) is 2. The van der Waals surface area contributed by atoms with Gasteiger partial charge in [-0.15, -0.1) is 0 Å². The number of aromatic amines is 1. The molecule has 0 saturated heterocycles. The highest BCUT2D eigenvalue weighted by atomic mass is 16.1. The van der Waals surface area contributed by atoms with Gasteiger partial charge in [-0.05, 0) is 30.0 Å². The van der Waals surface area contributed by atoms with Crippen molar-refractivity contribution in [3.05, 3.63) is 46.5 Å². The molecule has 6 heteroatoms. The van der Waals surface area contributed by atoms with Crippen LogP contribution in [0.3, 0.4) is 0 Å². The van der Waals surface area contributed by atoms with Crippen molar-refractivity contribution >= 4 is 16.8 Å². The Morgan fingerprint density at radius 3 is 3.05 bits per heavy atom. The molecule has 1 amide bonds. The molecule has 0 radical (unpaired) electrons. The number of azide groups is 1. The Balaban J connectivity index is 1.78. The fourth-order valence-corrected chi connectivity index (χ4v) is 2.09. The number of nitrogens with one attached hydrogen (secondary N) is 2. The number of fused-ring (bicyclic) bond motifs is 1. The normalized spacial score (nSPS) is 10.2. The first-order chi connectivity index (χ1) is 9.81. The predicted molar refractivity (Wildman–Crippen MR) is 78.3 cm³/mol. The fraction of sp³-hybridized carbons (Fsp3) is 0.357. The lowest BCUT2D eigenvalue weighted by Gasteiger charge is -2.03. The van der Waals surface area contributed by atoms with Gasteiger partial charge in [-0.25, -0.2) is 0 Å². The maximum atomic E-state index is 11.8. The molecular weight excluding hydrogens is 254 g/mol. The quantitative estimate of drug-likeness (QED) is 0.344. The highest BCUT2D eigenvalue weighted by Crippen LogP contribution is 2.17. The summed E-state index contributed by atoms with van der Waals surface area (Å²) >= 11 is 0. The Morgan fingerprint density at radius 2 is 2.20 bits per heavy atom. The van der Waals surface area contributed by atoms with Gasteiger partial charge in [-0.2, -0.15) is 0 Å². The maximum absolute atomic E-state index is 11.8. The van der Waals surface area contributed by atoms with Crippen LogP contribution in [-0.4, -0.2) is 24.0 Å². The van der Waals surface area contributed by atoms with Gasteiger partial charge in [0.15, 0.2) is 0 Å². The molecule has 0 aliphatic carbocycles. The Labute approximate surface area is 116 Å². The molecule has 1 heterocycles. The van der Waals surface area contributed by atoms with Crippen molar-refractivity contribution in [3.63, 3.8) is 0 Å². The van der Waals surface area contributed by atoms with E-state index < -0.39 is 0 Å². The molecule has 0 unspecified atom stereocenters. The fourth-order valence-electron chi connectivity index (χ4n) is 2.09. The summed E-state index contributed by atoms with van der Waals surface area (Å²) in [4.78, 5) is 17.7. The summed E-state index contributed by atoms with van der Waals surface area (Å²) in [5.74, 6) is 0.0125. The van der Waals surface area contributed by atoms with Crippen molar-refractivity contribution in [1.82, 2.24) is 10.3 Å². The molecule has 6 nitrogen and oxygen atoms in total. The minimum absolute atomic E-state index is 0.0125. The van der Waals surface area contributed by atoms with Gasteiger partial charge in [0.2, 0.25) is 5.91 Å². The second-order valence-corrected chi connectivity index (χ2v) is 4.55. The lowest BCUT2D eigenvalue weighted by atomic mass is 10.1. The van der Waals surface area contributed by atoms with E-state index in [0.29, 0.717) is 19.5 Å². The molecule has 0 aliphatic rings. The average molecular weight is 271 g/mol. The third kappa shape index (κ3) is 3.76. The summed E-state index contributed by atoms with van der Waals surface area (Å²) in [5.41, 5.74) is 10.2. The van der Waals surface area contributed by atoms with Crippen LogP contribution in [0, 0.1) is 0 Å². The largest absolute Gasteiger partial charge is 0.361 e. The number of aromatic nitrogens is 1. The van der Waals surface area contributed by atoms with Crippen molar-refractivity contribution in [2.75, 3.05) is 13.1 Å². The van der Waals surface area contributed by atoms with Crippen LogP contribution in [0.15, 0.2) is 35.6 Å². The van der Waals surface area contributed by atoms with Gasteiger partial charge >= 0.3 is 0 Å². The standard InChI is InChI=1S/C14H17N5O/c15-19-18-8-4-3-7-16-14(20)9-11-10-17-13-6-2-1-5-12(11)13/h1-2,5-6,10,17H,3-4,7-9H2,(H,16,20). The van der Waals surface area contributed by atoms with Crippen LogP contribution in [-0.2, 0) is 11.2 Å². The minimum Gasteiger partial charge on any atom is -0.361 e. The predicted octanol–water partition coefficient (Wildman–Crippen LogP) is 2.92. The molecule has 2 rings (SSSR count). The van der Waals surface area contributed by atoms with Gasteiger partial charge in [0, 0.05) is 35.1 Å². The number of rotatable bonds is 7. The molecule has 2 N–H and O–H groups in total. The molecule has 1 aromatic carbocycles. The number of amides is 1. The number of carbonyl (C=O) groups excluding carboxylic acids is 1. The molecule has 1 aromatic heterocycles. The second-order valence-electron chi connectivity index (χ2n) is 4.55. The van der Waals surface area contributed by atoms with E-state index in [9.17, 15) is 4.79 Å². The molecule has 0 saturated carbocycles. The van der Waals surface area contributed by atoms with Crippen molar-refractivity contribution in [2.24, 2.45) is 5.11 Å². The summed E-state index contributed by atoms with van der Waals surface area (Å²) in [6, 6.07) is 7.93. The Kier molecular flexibility index (Phi) is 5.03. The third-order valence-electron chi connectivity index (χ3n) is 3.10. The Morgan fingerprint density at radius 1 is 1.35 bits per heavy atom. The first-order valence-electron chi connectivity index (χ1n) is 6.64. The number of para-hydroxylation sites is 1. The molecule has 2 aromatic rings. The molecule has 0 atom stereocenters. The van der Waals surface area contributed by atoms with E-state index in [1.807, 2.05) is 30.5 Å². The molecule has 0 spiro atoms. The SMILES string of the molecule is [N-]=[N+]=NCCCCNC(=O)Cc1c[nH]c2ccccc12. The van der Waals surface area contributed by atoms with Crippen molar-refractivity contribution in [3.8, 4) is 0 Å². The lowest BCUT2D eigenvalue weighted by Crippen LogP contribution is -2.26. The van der Waals surface area contributed by atoms with Gasteiger partial charge in [0.05, 0.1) is 6.42 Å². The van der Waals surface area contributed by atoms with Crippen molar-refractivity contribution in [1.29, 1.82) is 0 Å². The minimum atomic E-state index is 0.0125. The second kappa shape index (κ2) is 7.21. The lowest BCUT2D eigenvalue weighted by molar-refractivity contribution is -0.120. The van der Waals surface area contributed by atoms with Gasteiger partial charge in [0.1, 0.15) is 0 Å². The number of unbranched alkanes of at least 4 members (excludes halogenated alkanes) is 1. The summed E-state index contributed by atoms with van der Waals surface area (Å²) < 4.78 is 0. The molecule has 0 bridgehead atoms. The van der Waals surface area contributed by atoms with Crippen LogP contribution in [0.1, 0.15) is 18.4 Å². The van der Waals surface area contributed by atoms with Crippen LogP contribution >= 0.6 is 0 Å². The summed E-state index contributed by atoms with van der Waals surface area (Å²) in [7, 11) is 0. The van der Waals surface area contributed by atoms with E-state index >= 15 is 0 Å². The van der Waals surface area contributed by atoms with Gasteiger partial charge in [-0.3, -0.25) is 4.79 Å². The van der Waals surface area contributed by atoms with Gasteiger partial charge in [-0.1, -0.05) is 23.3 Å². The summed E-state index contributed by atoms with van der Waals surface area (Å²) in [6.45, 7) is 1.09. The van der Waals surface area contributed by atoms with E-state index in [1.165, 1.54) is 0 Å². The molecule has 0 aliphatic heterocycles. The van der Waals surface area contributed by atoms with E-state index in [-0.39, 0.29) is 5.91 Å². The van der Waals surface area contributed by atoms with Crippen LogP contribution in [0.2, 0.25) is 0 Å². The third-order valence-corrected chi connectivity index (χ3v) is 3.10. The molecule has 104 valence electrons. The number of H-pyrrole nitrogens is 1. The zero-order valence-electron chi connectivity index (χ0n) is 11.2. The van der Waals surface area contributed by atoms with Crippen molar-refractivity contribution < 1.29 is 4.79 Å².